The second-order valence-corrected chi connectivity index (χ2v) is 20.1. The molecule has 2 fully saturated rings. The molecule has 0 radical (unpaired) electrons. The van der Waals surface area contributed by atoms with Crippen LogP contribution in [0.5, 0.6) is 0 Å². The highest BCUT2D eigenvalue weighted by Gasteiger charge is 2.49. The van der Waals surface area contributed by atoms with Gasteiger partial charge >= 0.3 is 0 Å². The number of nitrogens with one attached hydrogen (secondary N) is 1. The first-order valence-corrected chi connectivity index (χ1v) is 22.1. The van der Waals surface area contributed by atoms with Gasteiger partial charge in [0.1, 0.15) is 21.4 Å². The topological polar surface area (TPSA) is 147 Å². The lowest BCUT2D eigenvalue weighted by molar-refractivity contribution is 0.359. The summed E-state index contributed by atoms with van der Waals surface area (Å²) in [5, 5.41) is 11.7. The highest BCUT2D eigenvalue weighted by atomic mass is 32.2. The van der Waals surface area contributed by atoms with Gasteiger partial charge in [-0.05, 0) is 133 Å². The number of fused-ring (bicyclic) bond motifs is 6. The van der Waals surface area contributed by atoms with Gasteiger partial charge in [0.05, 0.1) is 52.8 Å². The zero-order valence-electron chi connectivity index (χ0n) is 32.6. The van der Waals surface area contributed by atoms with Gasteiger partial charge in [0.2, 0.25) is 0 Å². The van der Waals surface area contributed by atoms with Gasteiger partial charge in [0, 0.05) is 46.0 Å². The minimum Gasteiger partial charge on any atom is -0.277 e. The van der Waals surface area contributed by atoms with Gasteiger partial charge in [-0.3, -0.25) is 28.4 Å². The van der Waals surface area contributed by atoms with E-state index in [1.807, 2.05) is 32.4 Å². The Morgan fingerprint density at radius 3 is 1.64 bits per heavy atom. The van der Waals surface area contributed by atoms with Crippen molar-refractivity contribution < 1.29 is 25.6 Å². The van der Waals surface area contributed by atoms with Crippen molar-refractivity contribution in [2.24, 2.45) is 11.8 Å². The van der Waals surface area contributed by atoms with Crippen molar-refractivity contribution in [1.29, 1.82) is 0 Å². The Labute approximate surface area is 336 Å². The van der Waals surface area contributed by atoms with Crippen LogP contribution in [-0.2, 0) is 25.6 Å². The molecule has 2 aliphatic heterocycles. The summed E-state index contributed by atoms with van der Waals surface area (Å²) in [6, 6.07) is 14.3. The van der Waals surface area contributed by atoms with Crippen LogP contribution in [0.3, 0.4) is 0 Å². The van der Waals surface area contributed by atoms with Crippen LogP contribution in [0.2, 0.25) is 0 Å². The molecule has 4 aliphatic rings. The molecule has 0 spiro atoms. The maximum Gasteiger partial charge on any atom is 0.266 e. The fraction of sp³-hybridized carbons (Fsp3) is 0.333. The van der Waals surface area contributed by atoms with Gasteiger partial charge in [-0.1, -0.05) is 0 Å². The standard InChI is InChI=1S/C23H25FN4O2S.C19H17FN4O2S/c1-14-5-9-17(12-25-14)31(29,30)27-20-10-8-16(24)11-18(20)22-19(21(27)15-6-7-15)13-26-28(22)23(2,3)4;1-11-2-6-14(9-21-11)27(25,26)24-17-7-5-13(20)8-15(17)18-16(10-22-23-18)19(24)12-3-4-12/h5,8-13,15,21H,6-7H2,1-4H3;2,5-10,12,19H,3-4H2,1H3,(H,22,23)/t21-;19-/m11/s1. The summed E-state index contributed by atoms with van der Waals surface area (Å²) in [5.41, 5.74) is 6.25. The smallest absolute Gasteiger partial charge is 0.266 e. The van der Waals surface area contributed by atoms with Crippen molar-refractivity contribution >= 4 is 31.4 Å². The predicted molar refractivity (Wildman–Crippen MR) is 215 cm³/mol. The Balaban J connectivity index is 0.000000152. The quantitative estimate of drug-likeness (QED) is 0.176. The Morgan fingerprint density at radius 2 is 1.16 bits per heavy atom. The van der Waals surface area contributed by atoms with Crippen LogP contribution in [0, 0.1) is 37.3 Å². The number of hydrogen-bond donors (Lipinski definition) is 1. The van der Waals surface area contributed by atoms with Crippen LogP contribution in [0.4, 0.5) is 20.2 Å². The molecule has 2 aliphatic carbocycles. The maximum absolute atomic E-state index is 14.4. The Morgan fingerprint density at radius 1 is 0.655 bits per heavy atom. The number of halogens is 2. The minimum atomic E-state index is -3.92. The first-order chi connectivity index (χ1) is 27.6. The van der Waals surface area contributed by atoms with E-state index in [-0.39, 0.29) is 39.2 Å². The lowest BCUT2D eigenvalue weighted by atomic mass is 9.92. The summed E-state index contributed by atoms with van der Waals surface area (Å²) in [7, 11) is -7.79. The van der Waals surface area contributed by atoms with E-state index in [9.17, 15) is 25.6 Å². The van der Waals surface area contributed by atoms with Crippen LogP contribution in [0.15, 0.2) is 95.2 Å². The maximum atomic E-state index is 14.4. The first kappa shape index (κ1) is 38.1. The number of H-pyrrole nitrogens is 1. The summed E-state index contributed by atoms with van der Waals surface area (Å²) < 4.78 is 88.0. The normalized spacial score (nSPS) is 18.7. The van der Waals surface area contributed by atoms with Crippen LogP contribution in [0.1, 0.15) is 81.1 Å². The van der Waals surface area contributed by atoms with E-state index >= 15 is 0 Å². The van der Waals surface area contributed by atoms with Gasteiger partial charge in [-0.2, -0.15) is 10.2 Å². The molecule has 16 heteroatoms. The zero-order valence-corrected chi connectivity index (χ0v) is 34.2. The molecule has 6 aromatic rings. The number of hydrogen-bond acceptors (Lipinski definition) is 8. The molecule has 2 atom stereocenters. The van der Waals surface area contributed by atoms with Crippen molar-refractivity contribution in [1.82, 2.24) is 29.9 Å². The van der Waals surface area contributed by atoms with Crippen molar-refractivity contribution in [2.45, 2.75) is 87.7 Å². The summed E-state index contributed by atoms with van der Waals surface area (Å²) >= 11 is 0. The number of aryl methyl sites for hydroxylation is 2. The van der Waals surface area contributed by atoms with E-state index in [0.29, 0.717) is 28.2 Å². The van der Waals surface area contributed by atoms with Crippen LogP contribution < -0.4 is 8.61 Å². The van der Waals surface area contributed by atoms with Gasteiger partial charge in [0.15, 0.2) is 0 Å². The molecule has 0 amide bonds. The van der Waals surface area contributed by atoms with E-state index in [1.165, 1.54) is 51.3 Å². The summed E-state index contributed by atoms with van der Waals surface area (Å²) in [5.74, 6) is -0.422. The summed E-state index contributed by atoms with van der Waals surface area (Å²) in [6.45, 7) is 9.72. The molecule has 10 rings (SSSR count). The largest absolute Gasteiger partial charge is 0.277 e. The van der Waals surface area contributed by atoms with E-state index < -0.39 is 31.7 Å². The second kappa shape index (κ2) is 13.5. The molecule has 58 heavy (non-hydrogen) atoms. The van der Waals surface area contributed by atoms with Gasteiger partial charge < -0.3 is 0 Å². The van der Waals surface area contributed by atoms with E-state index in [2.05, 4.69) is 25.3 Å². The number of pyridine rings is 2. The number of anilines is 2. The molecule has 0 unspecified atom stereocenters. The van der Waals surface area contributed by atoms with Crippen molar-refractivity contribution in [3.63, 3.8) is 0 Å². The molecule has 2 aromatic carbocycles. The number of nitrogens with zero attached hydrogens (tertiary/aromatic N) is 7. The van der Waals surface area contributed by atoms with Crippen LogP contribution >= 0.6 is 0 Å². The number of sulfonamides is 2. The first-order valence-electron chi connectivity index (χ1n) is 19.2. The monoisotopic (exact) mass is 824 g/mol. The van der Waals surface area contributed by atoms with Crippen LogP contribution in [0.25, 0.3) is 22.5 Å². The van der Waals surface area contributed by atoms with E-state index in [4.69, 9.17) is 0 Å². The van der Waals surface area contributed by atoms with Crippen molar-refractivity contribution in [3.8, 4) is 22.5 Å². The molecule has 12 nitrogen and oxygen atoms in total. The Bertz CT molecular complexity index is 2790. The predicted octanol–water partition coefficient (Wildman–Crippen LogP) is 8.39. The number of rotatable bonds is 6. The average molecular weight is 825 g/mol. The molecular formula is C42H42F2N8O4S2. The molecule has 300 valence electrons. The fourth-order valence-electron chi connectivity index (χ4n) is 8.15. The molecule has 0 bridgehead atoms. The zero-order chi connectivity index (χ0) is 40.9. The highest BCUT2D eigenvalue weighted by Crippen LogP contribution is 2.57. The third-order valence-electron chi connectivity index (χ3n) is 11.2. The van der Waals surface area contributed by atoms with Gasteiger partial charge in [0.25, 0.3) is 20.0 Å². The van der Waals surface area contributed by atoms with E-state index in [1.54, 1.807) is 49.6 Å². The third-order valence-corrected chi connectivity index (χ3v) is 14.7. The molecule has 1 N–H and O–H groups in total. The number of benzene rings is 2. The minimum absolute atomic E-state index is 0.126. The lowest BCUT2D eigenvalue weighted by Gasteiger charge is -2.39. The molecule has 0 saturated heterocycles. The average Bonchev–Trinajstić information content (AvgIpc) is 4.10. The van der Waals surface area contributed by atoms with Gasteiger partial charge in [-0.15, -0.1) is 0 Å². The van der Waals surface area contributed by atoms with Crippen LogP contribution in [-0.4, -0.2) is 46.8 Å². The van der Waals surface area contributed by atoms with E-state index in [0.717, 1.165) is 53.9 Å². The summed E-state index contributed by atoms with van der Waals surface area (Å²) in [6.07, 6.45) is 9.97. The van der Waals surface area contributed by atoms with Crippen molar-refractivity contribution in [3.05, 3.63) is 120 Å². The molecule has 4 aromatic heterocycles. The van der Waals surface area contributed by atoms with Gasteiger partial charge in [-0.25, -0.2) is 25.6 Å². The molecule has 6 heterocycles. The lowest BCUT2D eigenvalue weighted by Crippen LogP contribution is -2.39. The number of aromatic nitrogens is 6. The summed E-state index contributed by atoms with van der Waals surface area (Å²) in [4.78, 5) is 8.60. The molecule has 2 saturated carbocycles. The number of aromatic amines is 1. The fourth-order valence-corrected chi connectivity index (χ4v) is 11.5. The highest BCUT2D eigenvalue weighted by molar-refractivity contribution is 7.93. The Hall–Kier alpha value is -5.48. The SMILES string of the molecule is Cc1ccc(S(=O)(=O)N2c3ccc(F)cc3-c3[nH]ncc3[C@H]2C2CC2)cn1.Cc1ccc(S(=O)(=O)N2c3ccc(F)cc3-c3c(cnn3C(C)(C)C)[C@H]2C2CC2)cn1. The third kappa shape index (κ3) is 6.36. The Kier molecular flexibility index (Phi) is 8.89. The second-order valence-electron chi connectivity index (χ2n) is 16.5. The van der Waals surface area contributed by atoms with Crippen molar-refractivity contribution in [2.75, 3.05) is 8.61 Å². The molecular weight excluding hydrogens is 783 g/mol.